The average Bonchev–Trinajstić information content (AvgIpc) is 2.65. The molecule has 0 saturated heterocycles. The number of rotatable bonds is 9. The number of methoxy groups -OCH3 is 1. The average molecular weight is 535 g/mol. The van der Waals surface area contributed by atoms with E-state index in [1.54, 1.807) is 31.5 Å². The maximum Gasteiger partial charge on any atom is 0.410 e. The van der Waals surface area contributed by atoms with Crippen molar-refractivity contribution < 1.29 is 14.3 Å². The number of guanidine groups is 1. The molecule has 1 aromatic heterocycles. The lowest BCUT2D eigenvalue weighted by Gasteiger charge is -2.28. The molecule has 0 unspecified atom stereocenters. The third kappa shape index (κ3) is 12.2. The lowest BCUT2D eigenvalue weighted by Crippen LogP contribution is -2.46. The minimum Gasteiger partial charge on any atom is -0.444 e. The fraction of sp³-hybridized carbons (Fsp3) is 0.667. The molecule has 0 aromatic carbocycles. The first-order chi connectivity index (χ1) is 13.6. The Morgan fingerprint density at radius 2 is 1.93 bits per heavy atom. The van der Waals surface area contributed by atoms with Gasteiger partial charge in [-0.15, -0.1) is 24.0 Å². The van der Waals surface area contributed by atoms with Gasteiger partial charge in [0.1, 0.15) is 5.60 Å². The first-order valence-corrected chi connectivity index (χ1v) is 9.93. The van der Waals surface area contributed by atoms with Gasteiger partial charge in [-0.05, 0) is 52.7 Å². The molecule has 1 aromatic rings. The number of carbonyl (C=O) groups is 1. The first kappa shape index (κ1) is 28.4. The van der Waals surface area contributed by atoms with Crippen LogP contribution in [0.3, 0.4) is 0 Å². The number of aliphatic imine (C=N–C) groups is 1. The highest BCUT2D eigenvalue weighted by Crippen LogP contribution is 2.12. The van der Waals surface area contributed by atoms with E-state index >= 15 is 0 Å². The summed E-state index contributed by atoms with van der Waals surface area (Å²) in [4.78, 5) is 22.7. The van der Waals surface area contributed by atoms with Gasteiger partial charge in [-0.2, -0.15) is 0 Å². The van der Waals surface area contributed by atoms with Crippen LogP contribution in [0.15, 0.2) is 29.5 Å². The number of aromatic nitrogens is 1. The number of carbonyl (C=O) groups excluding carboxylic acids is 1. The highest BCUT2D eigenvalue weighted by Gasteiger charge is 2.22. The summed E-state index contributed by atoms with van der Waals surface area (Å²) in [5, 5.41) is 6.51. The summed E-state index contributed by atoms with van der Waals surface area (Å²) in [5.41, 5.74) is 0.142. The van der Waals surface area contributed by atoms with Crippen molar-refractivity contribution in [3.05, 3.63) is 30.1 Å². The molecule has 1 heterocycles. The summed E-state index contributed by atoms with van der Waals surface area (Å²) in [7, 11) is 3.41. The van der Waals surface area contributed by atoms with E-state index in [0.717, 1.165) is 12.0 Å². The number of ether oxygens (including phenoxy) is 2. The molecule has 172 valence electrons. The zero-order valence-electron chi connectivity index (χ0n) is 19.3. The summed E-state index contributed by atoms with van der Waals surface area (Å²) < 4.78 is 11.0. The Labute approximate surface area is 198 Å². The van der Waals surface area contributed by atoms with Gasteiger partial charge in [-0.1, -0.05) is 6.07 Å². The van der Waals surface area contributed by atoms with Gasteiger partial charge < -0.3 is 25.0 Å². The van der Waals surface area contributed by atoms with Gasteiger partial charge in [0.15, 0.2) is 5.96 Å². The van der Waals surface area contributed by atoms with Crippen molar-refractivity contribution in [3.8, 4) is 0 Å². The van der Waals surface area contributed by atoms with Gasteiger partial charge >= 0.3 is 6.09 Å². The van der Waals surface area contributed by atoms with Crippen LogP contribution >= 0.6 is 24.0 Å². The highest BCUT2D eigenvalue weighted by atomic mass is 127. The molecular weight excluding hydrogens is 497 g/mol. The zero-order valence-corrected chi connectivity index (χ0v) is 21.6. The second kappa shape index (κ2) is 13.6. The Morgan fingerprint density at radius 1 is 1.23 bits per heavy atom. The molecule has 0 fully saturated rings. The number of hydrogen-bond donors (Lipinski definition) is 2. The number of hydrogen-bond acceptors (Lipinski definition) is 5. The van der Waals surface area contributed by atoms with Crippen molar-refractivity contribution >= 4 is 36.0 Å². The maximum atomic E-state index is 12.6. The molecule has 0 bridgehead atoms. The van der Waals surface area contributed by atoms with E-state index in [2.05, 4.69) is 20.6 Å². The molecule has 0 aliphatic rings. The first-order valence-electron chi connectivity index (χ1n) is 9.93. The van der Waals surface area contributed by atoms with E-state index in [9.17, 15) is 4.79 Å². The van der Waals surface area contributed by atoms with Gasteiger partial charge in [0, 0.05) is 46.2 Å². The third-order valence-corrected chi connectivity index (χ3v) is 4.10. The molecular formula is C21H38IN5O3. The van der Waals surface area contributed by atoms with Crippen LogP contribution in [0.4, 0.5) is 4.79 Å². The smallest absolute Gasteiger partial charge is 0.410 e. The quantitative estimate of drug-likeness (QED) is 0.218. The summed E-state index contributed by atoms with van der Waals surface area (Å²) in [5.74, 6) is 0.700. The van der Waals surface area contributed by atoms with E-state index in [-0.39, 0.29) is 35.7 Å². The minimum atomic E-state index is -0.539. The molecule has 8 nitrogen and oxygen atoms in total. The van der Waals surface area contributed by atoms with Crippen molar-refractivity contribution in [2.24, 2.45) is 4.99 Å². The second-order valence-electron chi connectivity index (χ2n) is 8.43. The van der Waals surface area contributed by atoms with Gasteiger partial charge in [-0.3, -0.25) is 9.98 Å². The van der Waals surface area contributed by atoms with Crippen molar-refractivity contribution in [3.63, 3.8) is 0 Å². The van der Waals surface area contributed by atoms with Gasteiger partial charge in [0.05, 0.1) is 12.1 Å². The summed E-state index contributed by atoms with van der Waals surface area (Å²) in [6.07, 6.45) is 3.90. The third-order valence-electron chi connectivity index (χ3n) is 4.10. The van der Waals surface area contributed by atoms with Crippen LogP contribution in [0.5, 0.6) is 0 Å². The molecule has 0 radical (unpaired) electrons. The molecule has 1 rings (SSSR count). The SMILES string of the molecule is CN=C(NCCCN(Cc1cccnc1)C(=O)OC(C)(C)C)NCC(C)(C)OC.I. The van der Waals surface area contributed by atoms with Crippen molar-refractivity contribution in [2.45, 2.75) is 58.8 Å². The molecule has 0 saturated carbocycles. The van der Waals surface area contributed by atoms with Crippen LogP contribution in [-0.2, 0) is 16.0 Å². The van der Waals surface area contributed by atoms with E-state index in [1.807, 2.05) is 46.8 Å². The summed E-state index contributed by atoms with van der Waals surface area (Å²) in [6, 6.07) is 3.81. The van der Waals surface area contributed by atoms with Crippen LogP contribution in [-0.4, -0.2) is 66.9 Å². The normalized spacial score (nSPS) is 12.0. The Morgan fingerprint density at radius 3 is 2.47 bits per heavy atom. The molecule has 30 heavy (non-hydrogen) atoms. The van der Waals surface area contributed by atoms with Gasteiger partial charge in [0.2, 0.25) is 0 Å². The summed E-state index contributed by atoms with van der Waals surface area (Å²) in [6.45, 7) is 11.9. The van der Waals surface area contributed by atoms with Crippen molar-refractivity contribution in [2.75, 3.05) is 33.8 Å². The minimum absolute atomic E-state index is 0. The Kier molecular flexibility index (Phi) is 12.9. The predicted octanol–water partition coefficient (Wildman–Crippen LogP) is 3.42. The fourth-order valence-electron chi connectivity index (χ4n) is 2.34. The standard InChI is InChI=1S/C21H37N5O3.HI/c1-20(2,3)29-19(27)26(15-17-10-8-11-23-14-17)13-9-12-24-18(22-6)25-16-21(4,5)28-7;/h8,10-11,14H,9,12-13,15-16H2,1-7H3,(H2,22,24,25);1H. The van der Waals surface area contributed by atoms with Crippen LogP contribution in [0, 0.1) is 0 Å². The molecule has 9 heteroatoms. The van der Waals surface area contributed by atoms with Crippen LogP contribution in [0.1, 0.15) is 46.6 Å². The Balaban J connectivity index is 0.00000841. The molecule has 0 aliphatic heterocycles. The Bertz CT molecular complexity index is 648. The van der Waals surface area contributed by atoms with Gasteiger partial charge in [-0.25, -0.2) is 4.79 Å². The van der Waals surface area contributed by atoms with E-state index in [0.29, 0.717) is 32.1 Å². The maximum absolute atomic E-state index is 12.6. The van der Waals surface area contributed by atoms with Crippen LogP contribution < -0.4 is 10.6 Å². The molecule has 0 atom stereocenters. The van der Waals surface area contributed by atoms with Gasteiger partial charge in [0.25, 0.3) is 0 Å². The van der Waals surface area contributed by atoms with Crippen molar-refractivity contribution in [1.29, 1.82) is 0 Å². The number of pyridine rings is 1. The number of nitrogens with one attached hydrogen (secondary N) is 2. The largest absolute Gasteiger partial charge is 0.444 e. The lowest BCUT2D eigenvalue weighted by molar-refractivity contribution is 0.0230. The molecule has 2 N–H and O–H groups in total. The van der Waals surface area contributed by atoms with Crippen LogP contribution in [0.2, 0.25) is 0 Å². The Hall–Kier alpha value is -1.62. The number of nitrogens with zero attached hydrogens (tertiary/aromatic N) is 3. The van der Waals surface area contributed by atoms with E-state index < -0.39 is 5.60 Å². The second-order valence-corrected chi connectivity index (χ2v) is 8.43. The number of amides is 1. The van der Waals surface area contributed by atoms with E-state index in [4.69, 9.17) is 9.47 Å². The monoisotopic (exact) mass is 535 g/mol. The zero-order chi connectivity index (χ0) is 21.9. The molecule has 0 spiro atoms. The van der Waals surface area contributed by atoms with E-state index in [1.165, 1.54) is 0 Å². The summed E-state index contributed by atoms with van der Waals surface area (Å²) >= 11 is 0. The van der Waals surface area contributed by atoms with Crippen molar-refractivity contribution in [1.82, 2.24) is 20.5 Å². The predicted molar refractivity (Wildman–Crippen MR) is 131 cm³/mol. The topological polar surface area (TPSA) is 88.1 Å². The molecule has 0 aliphatic carbocycles. The molecule has 1 amide bonds. The number of halogens is 1. The lowest BCUT2D eigenvalue weighted by atomic mass is 10.1. The van der Waals surface area contributed by atoms with Crippen LogP contribution in [0.25, 0.3) is 0 Å². The highest BCUT2D eigenvalue weighted by molar-refractivity contribution is 14.0. The fourth-order valence-corrected chi connectivity index (χ4v) is 2.34.